The van der Waals surface area contributed by atoms with Gasteiger partial charge in [-0.3, -0.25) is 9.69 Å². The molecule has 5 rings (SSSR count). The van der Waals surface area contributed by atoms with E-state index in [1.165, 1.54) is 11.8 Å². The van der Waals surface area contributed by atoms with Gasteiger partial charge in [0.05, 0.1) is 23.2 Å². The number of benzene rings is 3. The molecule has 0 fully saturated rings. The molecule has 0 spiro atoms. The van der Waals surface area contributed by atoms with Gasteiger partial charge in [-0.25, -0.2) is 0 Å². The summed E-state index contributed by atoms with van der Waals surface area (Å²) >= 11 is 7.61. The molecule has 0 N–H and O–H groups in total. The number of allylic oxidation sites excluding steroid dienone is 1. The number of halogens is 1. The average molecular weight is 429 g/mol. The lowest BCUT2D eigenvalue weighted by Crippen LogP contribution is -2.42. The zero-order valence-electron chi connectivity index (χ0n) is 16.0. The summed E-state index contributed by atoms with van der Waals surface area (Å²) in [7, 11) is 0. The van der Waals surface area contributed by atoms with Gasteiger partial charge in [-0.15, -0.1) is 0 Å². The Morgan fingerprint density at radius 1 is 0.967 bits per heavy atom. The maximum Gasteiger partial charge on any atom is 0.236 e. The Balaban J connectivity index is 1.69. The molecule has 2 aliphatic heterocycles. The maximum atomic E-state index is 13.8. The number of carbonyl (C=O) groups excluding carboxylic acids is 1. The average Bonchev–Trinajstić information content (AvgIpc) is 3.16. The Hall–Kier alpha value is -3.00. The Kier molecular flexibility index (Phi) is 4.86. The van der Waals surface area contributed by atoms with E-state index < -0.39 is 0 Å². The molecule has 2 aliphatic rings. The first-order valence-corrected chi connectivity index (χ1v) is 10.9. The van der Waals surface area contributed by atoms with E-state index in [-0.39, 0.29) is 17.7 Å². The molecular formula is C25H17ClN2OS. The fourth-order valence-corrected chi connectivity index (χ4v) is 5.59. The van der Waals surface area contributed by atoms with Crippen LogP contribution in [-0.4, -0.2) is 5.91 Å². The predicted octanol–water partition coefficient (Wildman–Crippen LogP) is 6.17. The molecule has 30 heavy (non-hydrogen) atoms. The zero-order valence-corrected chi connectivity index (χ0v) is 17.5. The molecule has 1 amide bonds. The lowest BCUT2D eigenvalue weighted by Gasteiger charge is -2.36. The maximum absolute atomic E-state index is 13.8. The zero-order chi connectivity index (χ0) is 20.7. The lowest BCUT2D eigenvalue weighted by atomic mass is 9.75. The SMILES string of the molecule is N#CC1=C2Sc3ccccc3N2C(=O)[C@H](Cc2ccccc2)[C@@H]1c1ccc(Cl)cc1. The number of nitriles is 1. The number of hydrogen-bond acceptors (Lipinski definition) is 3. The highest BCUT2D eigenvalue weighted by Crippen LogP contribution is 2.54. The van der Waals surface area contributed by atoms with Gasteiger partial charge in [0.25, 0.3) is 0 Å². The summed E-state index contributed by atoms with van der Waals surface area (Å²) in [6.45, 7) is 0. The third-order valence-electron chi connectivity index (χ3n) is 5.65. The first-order chi connectivity index (χ1) is 14.7. The Morgan fingerprint density at radius 2 is 1.67 bits per heavy atom. The van der Waals surface area contributed by atoms with Gasteiger partial charge in [-0.1, -0.05) is 78.0 Å². The third-order valence-corrected chi connectivity index (χ3v) is 7.06. The summed E-state index contributed by atoms with van der Waals surface area (Å²) in [6.07, 6.45) is 0.564. The second-order valence-corrected chi connectivity index (χ2v) is 8.87. The summed E-state index contributed by atoms with van der Waals surface area (Å²) in [5.74, 6) is -0.656. The van der Waals surface area contributed by atoms with Crippen molar-refractivity contribution in [2.75, 3.05) is 4.90 Å². The number of anilines is 1. The molecule has 0 aliphatic carbocycles. The molecule has 0 bridgehead atoms. The van der Waals surface area contributed by atoms with Gasteiger partial charge >= 0.3 is 0 Å². The first-order valence-electron chi connectivity index (χ1n) is 9.72. The molecule has 5 heteroatoms. The van der Waals surface area contributed by atoms with Crippen molar-refractivity contribution >= 4 is 35.0 Å². The third kappa shape index (κ3) is 3.11. The fraction of sp³-hybridized carbons (Fsp3) is 0.120. The van der Waals surface area contributed by atoms with E-state index in [0.29, 0.717) is 17.0 Å². The van der Waals surface area contributed by atoms with Gasteiger partial charge in [0.2, 0.25) is 5.91 Å². The van der Waals surface area contributed by atoms with Gasteiger partial charge in [0.1, 0.15) is 5.03 Å². The molecule has 2 heterocycles. The van der Waals surface area contributed by atoms with E-state index in [1.54, 1.807) is 4.90 Å². The normalized spacial score (nSPS) is 20.0. The smallest absolute Gasteiger partial charge is 0.236 e. The summed E-state index contributed by atoms with van der Waals surface area (Å²) < 4.78 is 0. The molecular weight excluding hydrogens is 412 g/mol. The van der Waals surface area contributed by atoms with Crippen LogP contribution in [0.3, 0.4) is 0 Å². The molecule has 0 saturated carbocycles. The van der Waals surface area contributed by atoms with Gasteiger partial charge in [0, 0.05) is 15.8 Å². The van der Waals surface area contributed by atoms with Gasteiger partial charge in [-0.2, -0.15) is 5.26 Å². The van der Waals surface area contributed by atoms with Gasteiger partial charge < -0.3 is 0 Å². The van der Waals surface area contributed by atoms with E-state index in [0.717, 1.165) is 26.7 Å². The number of rotatable bonds is 3. The minimum Gasteiger partial charge on any atom is -0.274 e. The molecule has 0 aromatic heterocycles. The summed E-state index contributed by atoms with van der Waals surface area (Å²) in [5, 5.41) is 11.6. The number of carbonyl (C=O) groups is 1. The minimum atomic E-state index is -0.376. The van der Waals surface area contributed by atoms with Crippen molar-refractivity contribution in [1.29, 1.82) is 5.26 Å². The molecule has 0 saturated heterocycles. The van der Waals surface area contributed by atoms with Crippen molar-refractivity contribution in [1.82, 2.24) is 0 Å². The van der Waals surface area contributed by atoms with Crippen LogP contribution in [0.1, 0.15) is 17.0 Å². The Bertz CT molecular complexity index is 1200. The van der Waals surface area contributed by atoms with Crippen LogP contribution < -0.4 is 4.90 Å². The highest BCUT2D eigenvalue weighted by Gasteiger charge is 2.46. The van der Waals surface area contributed by atoms with Crippen LogP contribution in [0.5, 0.6) is 0 Å². The topological polar surface area (TPSA) is 44.1 Å². The number of para-hydroxylation sites is 1. The number of hydrogen-bond donors (Lipinski definition) is 0. The predicted molar refractivity (Wildman–Crippen MR) is 120 cm³/mol. The molecule has 2 atom stereocenters. The van der Waals surface area contributed by atoms with Crippen LogP contribution in [0.4, 0.5) is 5.69 Å². The van der Waals surface area contributed by atoms with Crippen LogP contribution >= 0.6 is 23.4 Å². The van der Waals surface area contributed by atoms with Crippen molar-refractivity contribution < 1.29 is 4.79 Å². The van der Waals surface area contributed by atoms with Crippen LogP contribution in [0.25, 0.3) is 0 Å². The summed E-state index contributed by atoms with van der Waals surface area (Å²) in [5.41, 5.74) is 3.52. The fourth-order valence-electron chi connectivity index (χ4n) is 4.28. The molecule has 0 radical (unpaired) electrons. The second-order valence-electron chi connectivity index (χ2n) is 7.40. The minimum absolute atomic E-state index is 0.0326. The van der Waals surface area contributed by atoms with E-state index >= 15 is 0 Å². The van der Waals surface area contributed by atoms with Crippen LogP contribution in [0, 0.1) is 17.2 Å². The monoisotopic (exact) mass is 428 g/mol. The highest BCUT2D eigenvalue weighted by molar-refractivity contribution is 8.03. The number of nitrogens with zero attached hydrogens (tertiary/aromatic N) is 2. The molecule has 146 valence electrons. The van der Waals surface area contributed by atoms with E-state index in [2.05, 4.69) is 6.07 Å². The number of fused-ring (bicyclic) bond motifs is 3. The van der Waals surface area contributed by atoms with Crippen LogP contribution in [0.2, 0.25) is 5.02 Å². The van der Waals surface area contributed by atoms with Crippen molar-refractivity contribution in [3.8, 4) is 6.07 Å². The first kappa shape index (κ1) is 19.0. The molecule has 3 aromatic carbocycles. The Labute approximate surface area is 184 Å². The Morgan fingerprint density at radius 3 is 2.40 bits per heavy atom. The van der Waals surface area contributed by atoms with Crippen molar-refractivity contribution in [3.63, 3.8) is 0 Å². The van der Waals surface area contributed by atoms with E-state index in [1.807, 2.05) is 78.9 Å². The summed E-state index contributed by atoms with van der Waals surface area (Å²) in [4.78, 5) is 16.6. The molecule has 3 nitrogen and oxygen atoms in total. The van der Waals surface area contributed by atoms with E-state index in [9.17, 15) is 10.1 Å². The van der Waals surface area contributed by atoms with Crippen LogP contribution in [-0.2, 0) is 11.2 Å². The molecule has 0 unspecified atom stereocenters. The summed E-state index contributed by atoms with van der Waals surface area (Å²) in [6, 6.07) is 27.8. The van der Waals surface area contributed by atoms with Gasteiger partial charge in [-0.05, 0) is 41.8 Å². The quantitative estimate of drug-likeness (QED) is 0.501. The number of amides is 1. The van der Waals surface area contributed by atoms with Crippen molar-refractivity contribution in [3.05, 3.63) is 106 Å². The van der Waals surface area contributed by atoms with Crippen molar-refractivity contribution in [2.45, 2.75) is 17.2 Å². The van der Waals surface area contributed by atoms with Gasteiger partial charge in [0.15, 0.2) is 0 Å². The van der Waals surface area contributed by atoms with E-state index in [4.69, 9.17) is 11.6 Å². The highest BCUT2D eigenvalue weighted by atomic mass is 35.5. The number of thioether (sulfide) groups is 1. The standard InChI is InChI=1S/C25H17ClN2OS/c26-18-12-10-17(11-13-18)23-19(14-16-6-2-1-3-7-16)24(29)28-21-8-4-5-9-22(21)30-25(28)20(23)15-27/h1-13,19,23H,14H2/t19-,23+/m1/s1. The van der Waals surface area contributed by atoms with Crippen LogP contribution in [0.15, 0.2) is 94.4 Å². The largest absolute Gasteiger partial charge is 0.274 e. The lowest BCUT2D eigenvalue weighted by molar-refractivity contribution is -0.122. The molecule has 3 aromatic rings. The second kappa shape index (κ2) is 7.68. The van der Waals surface area contributed by atoms with Crippen molar-refractivity contribution in [2.24, 2.45) is 5.92 Å².